The van der Waals surface area contributed by atoms with E-state index < -0.39 is 0 Å². The van der Waals surface area contributed by atoms with Crippen LogP contribution in [0.3, 0.4) is 0 Å². The summed E-state index contributed by atoms with van der Waals surface area (Å²) in [4.78, 5) is 0. The molecule has 0 aromatic heterocycles. The van der Waals surface area contributed by atoms with E-state index >= 15 is 0 Å². The van der Waals surface area contributed by atoms with E-state index in [4.69, 9.17) is 0 Å². The molecular weight excluding hydrogens is 865 g/mol. The molecule has 0 radical (unpaired) electrons. The van der Waals surface area contributed by atoms with Crippen LogP contribution in [-0.2, 0) is 12.8 Å². The van der Waals surface area contributed by atoms with Crippen LogP contribution in [0.1, 0.15) is 324 Å². The Bertz CT molecular complexity index is 1150. The summed E-state index contributed by atoms with van der Waals surface area (Å²) in [6.45, 7) is 31.9. The number of benzene rings is 3. The fourth-order valence-electron chi connectivity index (χ4n) is 7.39. The van der Waals surface area contributed by atoms with Crippen LogP contribution in [0.5, 0.6) is 0 Å². The third-order valence-electron chi connectivity index (χ3n) is 10.7. The second kappa shape index (κ2) is 82.7. The van der Waals surface area contributed by atoms with E-state index in [1.165, 1.54) is 100 Å². The first-order valence-corrected chi connectivity index (χ1v) is 22.7. The van der Waals surface area contributed by atoms with Crippen LogP contribution in [0, 0.1) is 47.3 Å². The van der Waals surface area contributed by atoms with Crippen LogP contribution in [0.2, 0.25) is 0 Å². The van der Waals surface area contributed by atoms with Gasteiger partial charge in [0.2, 0.25) is 0 Å². The highest BCUT2D eigenvalue weighted by Crippen LogP contribution is 2.30. The van der Waals surface area contributed by atoms with Crippen LogP contribution < -0.4 is 0 Å². The predicted molar refractivity (Wildman–Crippen MR) is 369 cm³/mol. The summed E-state index contributed by atoms with van der Waals surface area (Å²) >= 11 is 0. The van der Waals surface area contributed by atoms with Gasteiger partial charge in [0.1, 0.15) is 0 Å². The van der Waals surface area contributed by atoms with E-state index in [1.807, 2.05) is 6.07 Å². The van der Waals surface area contributed by atoms with Crippen molar-refractivity contribution in [1.29, 1.82) is 0 Å². The molecule has 0 heteroatoms. The zero-order valence-corrected chi connectivity index (χ0v) is 38.5. The van der Waals surface area contributed by atoms with Crippen LogP contribution in [0.4, 0.5) is 0 Å². The zero-order valence-electron chi connectivity index (χ0n) is 38.5. The Labute approximate surface area is 472 Å². The summed E-state index contributed by atoms with van der Waals surface area (Å²) in [6.07, 6.45) is 18.5. The Hall–Kier alpha value is -2.34. The molecule has 5 rings (SSSR count). The summed E-state index contributed by atoms with van der Waals surface area (Å²) in [5.74, 6) is 7.99. The molecule has 0 heterocycles. The van der Waals surface area contributed by atoms with Gasteiger partial charge in [-0.1, -0.05) is 379 Å². The summed E-state index contributed by atoms with van der Waals surface area (Å²) in [5, 5.41) is 0. The van der Waals surface area contributed by atoms with Crippen molar-refractivity contribution in [3.05, 3.63) is 108 Å². The van der Waals surface area contributed by atoms with Gasteiger partial charge in [0, 0.05) is 0 Å². The molecule has 72 heavy (non-hydrogen) atoms. The van der Waals surface area contributed by atoms with Crippen molar-refractivity contribution in [1.82, 2.24) is 0 Å². The van der Waals surface area contributed by atoms with Crippen molar-refractivity contribution >= 4 is 0 Å². The molecule has 2 aliphatic rings. The number of hydrogen-bond donors (Lipinski definition) is 0. The molecule has 0 N–H and O–H groups in total. The van der Waals surface area contributed by atoms with Gasteiger partial charge in [-0.15, -0.1) is 0 Å². The normalized spacial score (nSPS) is 10.8. The molecule has 2 aliphatic carbocycles. The smallest absolute Gasteiger partial charge is 0.0219 e. The molecule has 0 aliphatic heterocycles. The topological polar surface area (TPSA) is 0 Å². The highest BCUT2D eigenvalue weighted by Gasteiger charge is 2.17. The average molecular weight is 1030 g/mol. The van der Waals surface area contributed by atoms with Gasteiger partial charge in [0.25, 0.3) is 0 Å². The highest BCUT2D eigenvalue weighted by molar-refractivity contribution is 5.18. The Balaban J connectivity index is -0.0000000263. The van der Waals surface area contributed by atoms with Crippen LogP contribution in [0.25, 0.3) is 0 Å². The highest BCUT2D eigenvalue weighted by atomic mass is 14.2. The van der Waals surface area contributed by atoms with E-state index in [2.05, 4.69) is 182 Å². The first kappa shape index (κ1) is 128. The molecule has 0 saturated heterocycles. The molecule has 0 unspecified atom stereocenters. The lowest BCUT2D eigenvalue weighted by atomic mass is 9.82. The third kappa shape index (κ3) is 79.1. The third-order valence-corrected chi connectivity index (χ3v) is 10.7. The maximum absolute atomic E-state index is 2.36. The maximum atomic E-state index is 2.36. The molecule has 0 spiro atoms. The van der Waals surface area contributed by atoms with Crippen molar-refractivity contribution in [2.75, 3.05) is 0 Å². The molecule has 2 saturated carbocycles. The molecule has 0 bridgehead atoms. The second-order valence-electron chi connectivity index (χ2n) is 19.0. The number of hydrogen-bond acceptors (Lipinski definition) is 0. The Kier molecular flexibility index (Phi) is 147. The molecule has 3 aromatic rings. The van der Waals surface area contributed by atoms with Crippen LogP contribution in [-0.4, -0.2) is 0 Å². The van der Waals surface area contributed by atoms with Crippen LogP contribution in [0.15, 0.2) is 91.0 Å². The molecule has 0 nitrogen and oxygen atoms in total. The Morgan fingerprint density at radius 1 is 0.319 bits per heavy atom. The molecular formula is C72H164. The summed E-state index contributed by atoms with van der Waals surface area (Å²) in [5.41, 5.74) is 4.32. The molecule has 452 valence electrons. The van der Waals surface area contributed by atoms with Gasteiger partial charge in [-0.2, -0.15) is 0 Å². The van der Waals surface area contributed by atoms with Crippen molar-refractivity contribution in [3.8, 4) is 0 Å². The first-order chi connectivity index (χ1) is 25.6. The molecule has 0 amide bonds. The standard InChI is InChI=1S/C11H16.C10H14.C9H18.C9H12.C8H16.C7H16.18CH4/c1-10(2)8-9-11-6-4-3-5-7-11;1-9(2)8-10-6-4-3-5-7-10;2*1-8(2)9-6-4-3-5-7-9;1-7(2)8-5-3-4-6-8;1-6(2)5-7(3)4;;;;;;;;;;;;;;;;;;/h3-7,10H,8-9H2,1-2H3;3-7,9H,8H2,1-2H3;8-9H,3-7H2,1-2H3;3-8H,1-2H3;7-8H,3-6H2,1-2H3;6-7H,5H2,1-4H3;18*1H4. The van der Waals surface area contributed by atoms with Gasteiger partial charge in [0.15, 0.2) is 0 Å². The van der Waals surface area contributed by atoms with Crippen molar-refractivity contribution in [2.45, 2.75) is 320 Å². The summed E-state index contributed by atoms with van der Waals surface area (Å²) in [6, 6.07) is 31.8. The minimum absolute atomic E-state index is 0. The minimum Gasteiger partial charge on any atom is -0.0776 e. The molecule has 0 atom stereocenters. The quantitative estimate of drug-likeness (QED) is 0.190. The number of rotatable bonds is 10. The van der Waals surface area contributed by atoms with E-state index in [9.17, 15) is 0 Å². The average Bonchev–Trinajstić information content (AvgIpc) is 3.69. The van der Waals surface area contributed by atoms with E-state index in [1.54, 1.807) is 0 Å². The fourth-order valence-corrected chi connectivity index (χ4v) is 7.39. The molecule has 3 aromatic carbocycles. The SMILES string of the molecule is C.C.C.C.C.C.C.C.C.C.C.C.C.C.C.C.C.C.CC(C)C1CCCC1.CC(C)C1CCCCC1.CC(C)CC(C)C.CC(C)CCc1ccccc1.CC(C)Cc1ccccc1.CC(C)c1ccccc1. The largest absolute Gasteiger partial charge is 0.0776 e. The van der Waals surface area contributed by atoms with Crippen molar-refractivity contribution in [3.63, 3.8) is 0 Å². The maximum Gasteiger partial charge on any atom is -0.0219 e. The van der Waals surface area contributed by atoms with Gasteiger partial charge < -0.3 is 0 Å². The Morgan fingerprint density at radius 3 is 0.806 bits per heavy atom. The fraction of sp³-hybridized carbons (Fsp3) is 0.750. The van der Waals surface area contributed by atoms with E-state index in [0.717, 1.165) is 47.3 Å². The van der Waals surface area contributed by atoms with E-state index in [0.29, 0.717) is 5.92 Å². The summed E-state index contributed by atoms with van der Waals surface area (Å²) < 4.78 is 0. The predicted octanol–water partition coefficient (Wildman–Crippen LogP) is 29.2. The lowest BCUT2D eigenvalue weighted by Crippen LogP contribution is -2.12. The van der Waals surface area contributed by atoms with Gasteiger partial charge in [-0.05, 0) is 95.6 Å². The van der Waals surface area contributed by atoms with Gasteiger partial charge in [-0.3, -0.25) is 0 Å². The van der Waals surface area contributed by atoms with Gasteiger partial charge >= 0.3 is 0 Å². The lowest BCUT2D eigenvalue weighted by molar-refractivity contribution is 0.279. The van der Waals surface area contributed by atoms with Crippen LogP contribution >= 0.6 is 0 Å². The van der Waals surface area contributed by atoms with Gasteiger partial charge in [-0.25, -0.2) is 0 Å². The Morgan fingerprint density at radius 2 is 0.597 bits per heavy atom. The summed E-state index contributed by atoms with van der Waals surface area (Å²) in [7, 11) is 0. The van der Waals surface area contributed by atoms with Crippen molar-refractivity contribution in [2.24, 2.45) is 47.3 Å². The molecule has 2 fully saturated rings. The minimum atomic E-state index is 0. The van der Waals surface area contributed by atoms with E-state index in [-0.39, 0.29) is 134 Å². The van der Waals surface area contributed by atoms with Crippen molar-refractivity contribution < 1.29 is 0 Å². The monoisotopic (exact) mass is 1030 g/mol. The zero-order chi connectivity index (χ0) is 40.7. The van der Waals surface area contributed by atoms with Gasteiger partial charge in [0.05, 0.1) is 0 Å². The first-order valence-electron chi connectivity index (χ1n) is 22.7. The number of aryl methyl sites for hydroxylation is 1. The second-order valence-corrected chi connectivity index (χ2v) is 19.0. The lowest BCUT2D eigenvalue weighted by Gasteiger charge is -2.24.